The fraction of sp³-hybridized carbons (Fsp3) is 0.200. The Balaban J connectivity index is 2.13. The first kappa shape index (κ1) is 13.9. The van der Waals surface area contributed by atoms with Crippen molar-refractivity contribution in [3.63, 3.8) is 0 Å². The van der Waals surface area contributed by atoms with E-state index in [2.05, 4.69) is 15.9 Å². The summed E-state index contributed by atoms with van der Waals surface area (Å²) in [5.41, 5.74) is 1.50. The highest BCUT2D eigenvalue weighted by atomic mass is 79.9. The van der Waals surface area contributed by atoms with E-state index in [9.17, 15) is 4.39 Å². The molecular formula is C15H14BrFO2. The van der Waals surface area contributed by atoms with Gasteiger partial charge in [0.1, 0.15) is 23.9 Å². The minimum atomic E-state index is -0.265. The maximum absolute atomic E-state index is 13.4. The van der Waals surface area contributed by atoms with Crippen molar-refractivity contribution in [1.82, 2.24) is 0 Å². The minimum Gasteiger partial charge on any atom is -0.496 e. The molecule has 0 saturated heterocycles. The summed E-state index contributed by atoms with van der Waals surface area (Å²) in [6.45, 7) is 2.04. The van der Waals surface area contributed by atoms with Crippen LogP contribution in [-0.2, 0) is 6.61 Å². The number of benzene rings is 2. The first-order valence-corrected chi connectivity index (χ1v) is 6.61. The quantitative estimate of drug-likeness (QED) is 0.825. The van der Waals surface area contributed by atoms with Crippen LogP contribution in [0.25, 0.3) is 0 Å². The zero-order valence-corrected chi connectivity index (χ0v) is 12.3. The molecule has 0 saturated carbocycles. The fourth-order valence-electron chi connectivity index (χ4n) is 1.68. The van der Waals surface area contributed by atoms with Crippen LogP contribution in [0.4, 0.5) is 4.39 Å². The highest BCUT2D eigenvalue weighted by Gasteiger charge is 2.06. The van der Waals surface area contributed by atoms with Crippen molar-refractivity contribution in [2.24, 2.45) is 0 Å². The van der Waals surface area contributed by atoms with Crippen molar-refractivity contribution in [3.8, 4) is 11.5 Å². The van der Waals surface area contributed by atoms with E-state index in [-0.39, 0.29) is 5.82 Å². The third kappa shape index (κ3) is 3.47. The zero-order chi connectivity index (χ0) is 13.8. The molecule has 0 aliphatic carbocycles. The molecule has 0 aliphatic rings. The van der Waals surface area contributed by atoms with Gasteiger partial charge in [-0.25, -0.2) is 4.39 Å². The summed E-state index contributed by atoms with van der Waals surface area (Å²) in [5, 5.41) is 0. The Kier molecular flexibility index (Phi) is 4.43. The number of ether oxygens (including phenoxy) is 2. The van der Waals surface area contributed by atoms with E-state index in [1.807, 2.05) is 18.2 Å². The first-order chi connectivity index (χ1) is 9.10. The van der Waals surface area contributed by atoms with Crippen LogP contribution in [0.15, 0.2) is 40.9 Å². The molecule has 0 bridgehead atoms. The van der Waals surface area contributed by atoms with Gasteiger partial charge >= 0.3 is 0 Å². The van der Waals surface area contributed by atoms with Crippen LogP contribution < -0.4 is 9.47 Å². The van der Waals surface area contributed by atoms with E-state index in [4.69, 9.17) is 9.47 Å². The van der Waals surface area contributed by atoms with Gasteiger partial charge in [-0.3, -0.25) is 0 Å². The second kappa shape index (κ2) is 6.06. The Labute approximate surface area is 120 Å². The van der Waals surface area contributed by atoms with Crippen molar-refractivity contribution in [2.45, 2.75) is 13.5 Å². The number of rotatable bonds is 4. The molecule has 2 nitrogen and oxygen atoms in total. The van der Waals surface area contributed by atoms with Crippen molar-refractivity contribution < 1.29 is 13.9 Å². The summed E-state index contributed by atoms with van der Waals surface area (Å²) in [7, 11) is 1.61. The summed E-state index contributed by atoms with van der Waals surface area (Å²) >= 11 is 3.40. The van der Waals surface area contributed by atoms with Crippen molar-refractivity contribution in [1.29, 1.82) is 0 Å². The van der Waals surface area contributed by atoms with Gasteiger partial charge in [0.25, 0.3) is 0 Å². The van der Waals surface area contributed by atoms with Gasteiger partial charge in [-0.2, -0.15) is 0 Å². The van der Waals surface area contributed by atoms with E-state index in [1.165, 1.54) is 6.07 Å². The predicted molar refractivity (Wildman–Crippen MR) is 76.2 cm³/mol. The van der Waals surface area contributed by atoms with Crippen LogP contribution >= 0.6 is 15.9 Å². The van der Waals surface area contributed by atoms with E-state index in [0.29, 0.717) is 17.9 Å². The second-order valence-electron chi connectivity index (χ2n) is 4.16. The van der Waals surface area contributed by atoms with Gasteiger partial charge in [-0.15, -0.1) is 0 Å². The second-order valence-corrected chi connectivity index (χ2v) is 5.07. The molecule has 4 heteroatoms. The van der Waals surface area contributed by atoms with Gasteiger partial charge in [-0.05, 0) is 36.8 Å². The molecule has 100 valence electrons. The van der Waals surface area contributed by atoms with Gasteiger partial charge in [0, 0.05) is 16.1 Å². The molecule has 0 heterocycles. The Bertz CT molecular complexity index is 584. The average Bonchev–Trinajstić information content (AvgIpc) is 2.40. The maximum Gasteiger partial charge on any atom is 0.129 e. The van der Waals surface area contributed by atoms with Crippen LogP contribution in [0.5, 0.6) is 11.5 Å². The minimum absolute atomic E-state index is 0.265. The van der Waals surface area contributed by atoms with Crippen LogP contribution in [0, 0.1) is 12.7 Å². The molecule has 0 spiro atoms. The molecule has 0 atom stereocenters. The number of halogens is 2. The molecule has 0 unspecified atom stereocenters. The lowest BCUT2D eigenvalue weighted by atomic mass is 10.2. The molecule has 2 aromatic carbocycles. The van der Waals surface area contributed by atoms with Crippen LogP contribution in [-0.4, -0.2) is 7.11 Å². The van der Waals surface area contributed by atoms with Crippen molar-refractivity contribution in [2.75, 3.05) is 7.11 Å². The summed E-state index contributed by atoms with van der Waals surface area (Å²) in [6.07, 6.45) is 0. The van der Waals surface area contributed by atoms with E-state index in [0.717, 1.165) is 15.8 Å². The Morgan fingerprint density at radius 2 is 1.95 bits per heavy atom. The lowest BCUT2D eigenvalue weighted by Gasteiger charge is -2.11. The highest BCUT2D eigenvalue weighted by Crippen LogP contribution is 2.25. The molecular weight excluding hydrogens is 311 g/mol. The molecule has 19 heavy (non-hydrogen) atoms. The number of aryl methyl sites for hydroxylation is 1. The molecule has 0 radical (unpaired) electrons. The molecule has 0 N–H and O–H groups in total. The largest absolute Gasteiger partial charge is 0.496 e. The highest BCUT2D eigenvalue weighted by molar-refractivity contribution is 9.10. The third-order valence-corrected chi connectivity index (χ3v) is 3.27. The smallest absolute Gasteiger partial charge is 0.129 e. The van der Waals surface area contributed by atoms with Gasteiger partial charge in [0.05, 0.1) is 7.11 Å². The van der Waals surface area contributed by atoms with E-state index < -0.39 is 0 Å². The van der Waals surface area contributed by atoms with Gasteiger partial charge in [0.2, 0.25) is 0 Å². The van der Waals surface area contributed by atoms with Gasteiger partial charge in [0.15, 0.2) is 0 Å². The summed E-state index contributed by atoms with van der Waals surface area (Å²) < 4.78 is 25.2. The molecule has 0 fully saturated rings. The average molecular weight is 325 g/mol. The van der Waals surface area contributed by atoms with Crippen LogP contribution in [0.3, 0.4) is 0 Å². The summed E-state index contributed by atoms with van der Waals surface area (Å²) in [5.74, 6) is 0.986. The molecule has 0 aliphatic heterocycles. The normalized spacial score (nSPS) is 10.3. The predicted octanol–water partition coefficient (Wildman–Crippen LogP) is 4.48. The Hall–Kier alpha value is -1.55. The van der Waals surface area contributed by atoms with Crippen LogP contribution in [0.2, 0.25) is 0 Å². The number of hydrogen-bond donors (Lipinski definition) is 0. The SMILES string of the molecule is COc1ccc(Br)cc1COc1ccc(C)c(F)c1. The van der Waals surface area contributed by atoms with Crippen LogP contribution in [0.1, 0.15) is 11.1 Å². The van der Waals surface area contributed by atoms with E-state index >= 15 is 0 Å². The van der Waals surface area contributed by atoms with E-state index in [1.54, 1.807) is 26.2 Å². The molecule has 2 rings (SSSR count). The molecule has 2 aromatic rings. The lowest BCUT2D eigenvalue weighted by molar-refractivity contribution is 0.295. The van der Waals surface area contributed by atoms with Crippen molar-refractivity contribution >= 4 is 15.9 Å². The van der Waals surface area contributed by atoms with Crippen molar-refractivity contribution in [3.05, 3.63) is 57.8 Å². The maximum atomic E-state index is 13.4. The lowest BCUT2D eigenvalue weighted by Crippen LogP contribution is -1.99. The Morgan fingerprint density at radius 3 is 2.63 bits per heavy atom. The molecule has 0 amide bonds. The molecule has 0 aromatic heterocycles. The zero-order valence-electron chi connectivity index (χ0n) is 10.7. The van der Waals surface area contributed by atoms with Gasteiger partial charge in [-0.1, -0.05) is 22.0 Å². The standard InChI is InChI=1S/C15H14BrFO2/c1-10-3-5-13(8-14(10)17)19-9-11-7-12(16)4-6-15(11)18-2/h3-8H,9H2,1-2H3. The fourth-order valence-corrected chi connectivity index (χ4v) is 2.09. The van der Waals surface area contributed by atoms with Gasteiger partial charge < -0.3 is 9.47 Å². The summed E-state index contributed by atoms with van der Waals surface area (Å²) in [6, 6.07) is 10.5. The summed E-state index contributed by atoms with van der Waals surface area (Å²) in [4.78, 5) is 0. The Morgan fingerprint density at radius 1 is 1.16 bits per heavy atom. The monoisotopic (exact) mass is 324 g/mol. The number of hydrogen-bond acceptors (Lipinski definition) is 2. The number of methoxy groups -OCH3 is 1. The topological polar surface area (TPSA) is 18.5 Å². The first-order valence-electron chi connectivity index (χ1n) is 5.81. The third-order valence-electron chi connectivity index (χ3n) is 2.78.